The molecule has 1 unspecified atom stereocenters. The number of ether oxygens (including phenoxy) is 2. The van der Waals surface area contributed by atoms with Gasteiger partial charge >= 0.3 is 6.09 Å². The molecule has 0 radical (unpaired) electrons. The predicted octanol–water partition coefficient (Wildman–Crippen LogP) is 3.32. The summed E-state index contributed by atoms with van der Waals surface area (Å²) in [4.78, 5) is 22.9. The monoisotopic (exact) mass is 355 g/mol. The van der Waals surface area contributed by atoms with E-state index in [0.717, 1.165) is 11.1 Å². The molecule has 0 N–H and O–H groups in total. The summed E-state index contributed by atoms with van der Waals surface area (Å²) in [5.74, 6) is 0.693. The Hall–Kier alpha value is -2.47. The normalized spacial score (nSPS) is 17.8. The molecule has 6 nitrogen and oxygen atoms in total. The van der Waals surface area contributed by atoms with E-state index in [1.165, 1.54) is 0 Å². The summed E-state index contributed by atoms with van der Waals surface area (Å²) in [5, 5.41) is 0. The second-order valence-electron chi connectivity index (χ2n) is 7.38. The molecule has 2 heterocycles. The molecule has 138 valence electrons. The van der Waals surface area contributed by atoms with Crippen molar-refractivity contribution < 1.29 is 14.3 Å². The van der Waals surface area contributed by atoms with Crippen LogP contribution in [0.3, 0.4) is 0 Å². The number of hydrogen-bond acceptors (Lipinski definition) is 5. The summed E-state index contributed by atoms with van der Waals surface area (Å²) in [7, 11) is 0. The minimum Gasteiger partial charge on any atom is -0.444 e. The van der Waals surface area contributed by atoms with E-state index in [1.54, 1.807) is 23.4 Å². The van der Waals surface area contributed by atoms with Gasteiger partial charge in [0.15, 0.2) is 5.82 Å². The number of aromatic nitrogens is 2. The molecule has 1 aliphatic heterocycles. The van der Waals surface area contributed by atoms with Crippen LogP contribution in [-0.4, -0.2) is 52.4 Å². The second-order valence-corrected chi connectivity index (χ2v) is 7.38. The Kier molecular flexibility index (Phi) is 5.52. The fraction of sp³-hybridized carbons (Fsp3) is 0.450. The number of amides is 1. The molecule has 3 rings (SSSR count). The number of morpholine rings is 1. The molecule has 2 aromatic rings. The Morgan fingerprint density at radius 1 is 1.27 bits per heavy atom. The number of carbonyl (C=O) groups is 1. The molecule has 1 amide bonds. The molecular weight excluding hydrogens is 330 g/mol. The van der Waals surface area contributed by atoms with Gasteiger partial charge in [0.05, 0.1) is 19.3 Å². The van der Waals surface area contributed by atoms with E-state index < -0.39 is 5.60 Å². The fourth-order valence-electron chi connectivity index (χ4n) is 2.94. The molecule has 1 aromatic heterocycles. The van der Waals surface area contributed by atoms with Gasteiger partial charge in [-0.15, -0.1) is 0 Å². The lowest BCUT2D eigenvalue weighted by Crippen LogP contribution is -2.51. The first-order chi connectivity index (χ1) is 12.4. The van der Waals surface area contributed by atoms with Gasteiger partial charge in [-0.25, -0.2) is 14.8 Å². The Morgan fingerprint density at radius 2 is 2.04 bits per heavy atom. The van der Waals surface area contributed by atoms with Crippen molar-refractivity contribution in [1.29, 1.82) is 0 Å². The molecule has 1 aromatic carbocycles. The van der Waals surface area contributed by atoms with Gasteiger partial charge < -0.3 is 14.4 Å². The molecule has 1 fully saturated rings. The van der Waals surface area contributed by atoms with Crippen LogP contribution in [-0.2, 0) is 15.9 Å². The van der Waals surface area contributed by atoms with Crippen LogP contribution in [0.1, 0.15) is 26.3 Å². The molecule has 1 aliphatic rings. The van der Waals surface area contributed by atoms with Crippen LogP contribution in [0.5, 0.6) is 0 Å². The first-order valence-corrected chi connectivity index (χ1v) is 8.86. The lowest BCUT2D eigenvalue weighted by atomic mass is 10.0. The lowest BCUT2D eigenvalue weighted by Gasteiger charge is -2.36. The van der Waals surface area contributed by atoms with Crippen molar-refractivity contribution in [2.75, 3.05) is 19.8 Å². The molecule has 0 aliphatic carbocycles. The molecule has 1 atom stereocenters. The van der Waals surface area contributed by atoms with Crippen molar-refractivity contribution in [2.45, 2.75) is 38.8 Å². The Morgan fingerprint density at radius 3 is 2.77 bits per heavy atom. The van der Waals surface area contributed by atoms with Crippen LogP contribution in [0.25, 0.3) is 11.4 Å². The van der Waals surface area contributed by atoms with E-state index in [1.807, 2.05) is 39.0 Å². The van der Waals surface area contributed by atoms with E-state index >= 15 is 0 Å². The Labute approximate surface area is 154 Å². The highest BCUT2D eigenvalue weighted by atomic mass is 16.6. The van der Waals surface area contributed by atoms with Gasteiger partial charge in [0.1, 0.15) is 5.60 Å². The largest absolute Gasteiger partial charge is 0.444 e. The summed E-state index contributed by atoms with van der Waals surface area (Å²) in [5.41, 5.74) is 1.56. The van der Waals surface area contributed by atoms with Crippen LogP contribution in [0.15, 0.2) is 42.7 Å². The highest BCUT2D eigenvalue weighted by Crippen LogP contribution is 2.21. The average molecular weight is 355 g/mol. The van der Waals surface area contributed by atoms with Crippen LogP contribution >= 0.6 is 0 Å². The molecule has 1 saturated heterocycles. The summed E-state index contributed by atoms with van der Waals surface area (Å²) < 4.78 is 11.2. The minimum absolute atomic E-state index is 0.0504. The van der Waals surface area contributed by atoms with Crippen molar-refractivity contribution in [3.63, 3.8) is 0 Å². The molecule has 0 spiro atoms. The first kappa shape index (κ1) is 18.3. The fourth-order valence-corrected chi connectivity index (χ4v) is 2.94. The summed E-state index contributed by atoms with van der Waals surface area (Å²) in [6.07, 6.45) is 3.87. The van der Waals surface area contributed by atoms with E-state index in [0.29, 0.717) is 32.0 Å². The summed E-state index contributed by atoms with van der Waals surface area (Å²) in [6, 6.07) is 9.84. The summed E-state index contributed by atoms with van der Waals surface area (Å²) in [6.45, 7) is 7.22. The van der Waals surface area contributed by atoms with Gasteiger partial charge in [-0.1, -0.05) is 18.2 Å². The van der Waals surface area contributed by atoms with Gasteiger partial charge in [0, 0.05) is 24.5 Å². The zero-order valence-electron chi connectivity index (χ0n) is 15.5. The predicted molar refractivity (Wildman–Crippen MR) is 98.7 cm³/mol. The highest BCUT2D eigenvalue weighted by molar-refractivity contribution is 5.68. The summed E-state index contributed by atoms with van der Waals surface area (Å²) >= 11 is 0. The van der Waals surface area contributed by atoms with Gasteiger partial charge in [-0.2, -0.15) is 0 Å². The van der Waals surface area contributed by atoms with E-state index in [-0.39, 0.29) is 12.1 Å². The quantitative estimate of drug-likeness (QED) is 0.845. The van der Waals surface area contributed by atoms with E-state index in [9.17, 15) is 4.79 Å². The molecule has 26 heavy (non-hydrogen) atoms. The number of carbonyl (C=O) groups excluding carboxylic acids is 1. The smallest absolute Gasteiger partial charge is 0.410 e. The molecule has 6 heteroatoms. The van der Waals surface area contributed by atoms with Crippen molar-refractivity contribution in [2.24, 2.45) is 0 Å². The zero-order chi connectivity index (χ0) is 18.6. The maximum absolute atomic E-state index is 12.5. The van der Waals surface area contributed by atoms with Crippen molar-refractivity contribution >= 4 is 6.09 Å². The third-order valence-corrected chi connectivity index (χ3v) is 4.08. The standard InChI is InChI=1S/C20H25N3O3/c1-20(2,3)26-19(24)23-10-11-25-14-17(23)13-15-6-4-7-16(12-15)18-21-8-5-9-22-18/h4-9,12,17H,10-11,13-14H2,1-3H3. The number of rotatable bonds is 3. The molecule has 0 saturated carbocycles. The first-order valence-electron chi connectivity index (χ1n) is 8.86. The van der Waals surface area contributed by atoms with Crippen molar-refractivity contribution in [3.8, 4) is 11.4 Å². The maximum atomic E-state index is 12.5. The minimum atomic E-state index is -0.509. The highest BCUT2D eigenvalue weighted by Gasteiger charge is 2.31. The van der Waals surface area contributed by atoms with Gasteiger partial charge in [-0.3, -0.25) is 0 Å². The van der Waals surface area contributed by atoms with Gasteiger partial charge in [-0.05, 0) is 44.9 Å². The number of nitrogens with zero attached hydrogens (tertiary/aromatic N) is 3. The van der Waals surface area contributed by atoms with Crippen molar-refractivity contribution in [3.05, 3.63) is 48.3 Å². The van der Waals surface area contributed by atoms with E-state index in [4.69, 9.17) is 9.47 Å². The lowest BCUT2D eigenvalue weighted by molar-refractivity contribution is -0.0319. The zero-order valence-corrected chi connectivity index (χ0v) is 15.5. The Balaban J connectivity index is 1.75. The van der Waals surface area contributed by atoms with Gasteiger partial charge in [0.25, 0.3) is 0 Å². The van der Waals surface area contributed by atoms with Crippen LogP contribution in [0.4, 0.5) is 4.79 Å². The molecule has 0 bridgehead atoms. The third-order valence-electron chi connectivity index (χ3n) is 4.08. The van der Waals surface area contributed by atoms with Crippen LogP contribution < -0.4 is 0 Å². The topological polar surface area (TPSA) is 64.5 Å². The maximum Gasteiger partial charge on any atom is 0.410 e. The molecular formula is C20H25N3O3. The number of benzene rings is 1. The number of hydrogen-bond donors (Lipinski definition) is 0. The van der Waals surface area contributed by atoms with Gasteiger partial charge in [0.2, 0.25) is 0 Å². The average Bonchev–Trinajstić information content (AvgIpc) is 2.62. The Bertz CT molecular complexity index is 743. The third kappa shape index (κ3) is 4.79. The second kappa shape index (κ2) is 7.83. The van der Waals surface area contributed by atoms with Crippen LogP contribution in [0.2, 0.25) is 0 Å². The SMILES string of the molecule is CC(C)(C)OC(=O)N1CCOCC1Cc1cccc(-c2ncccn2)c1. The van der Waals surface area contributed by atoms with Crippen molar-refractivity contribution in [1.82, 2.24) is 14.9 Å². The van der Waals surface area contributed by atoms with E-state index in [2.05, 4.69) is 16.0 Å². The van der Waals surface area contributed by atoms with Crippen LogP contribution in [0, 0.1) is 0 Å².